The molecule has 0 N–H and O–H groups in total. The molecule has 1 rings (SSSR count). The van der Waals surface area contributed by atoms with Gasteiger partial charge in [0.15, 0.2) is 6.29 Å². The Morgan fingerprint density at radius 2 is 2.15 bits per heavy atom. The fourth-order valence-electron chi connectivity index (χ4n) is 0.915. The van der Waals surface area contributed by atoms with E-state index in [0.717, 1.165) is 18.1 Å². The molecule has 1 aromatic rings. The van der Waals surface area contributed by atoms with E-state index in [9.17, 15) is 9.59 Å². The lowest BCUT2D eigenvalue weighted by Crippen LogP contribution is -1.86. The predicted molar refractivity (Wildman–Crippen MR) is 49.3 cm³/mol. The van der Waals surface area contributed by atoms with Crippen LogP contribution in [0.15, 0.2) is 24.5 Å². The molecule has 0 aliphatic rings. The highest BCUT2D eigenvalue weighted by molar-refractivity contribution is 5.81. The highest BCUT2D eigenvalue weighted by atomic mass is 16.1. The van der Waals surface area contributed by atoms with Gasteiger partial charge in [-0.25, -0.2) is 0 Å². The van der Waals surface area contributed by atoms with Crippen molar-refractivity contribution < 1.29 is 9.59 Å². The van der Waals surface area contributed by atoms with E-state index in [0.29, 0.717) is 12.0 Å². The van der Waals surface area contributed by atoms with Gasteiger partial charge in [-0.05, 0) is 6.07 Å². The van der Waals surface area contributed by atoms with Gasteiger partial charge in [-0.1, -0.05) is 12.2 Å². The van der Waals surface area contributed by atoms with E-state index >= 15 is 0 Å². The SMILES string of the molecule is O=CCC=Cc1cnccc1C=O. The molecular weight excluding hydrogens is 166 g/mol. The first kappa shape index (κ1) is 9.32. The highest BCUT2D eigenvalue weighted by Gasteiger charge is 1.95. The van der Waals surface area contributed by atoms with Gasteiger partial charge in [-0.15, -0.1) is 0 Å². The molecule has 0 unspecified atom stereocenters. The molecule has 0 amide bonds. The first-order valence-electron chi connectivity index (χ1n) is 3.88. The maximum absolute atomic E-state index is 10.5. The third-order valence-corrected chi connectivity index (χ3v) is 1.54. The van der Waals surface area contributed by atoms with Crippen LogP contribution in [0, 0.1) is 0 Å². The number of aldehydes is 2. The average Bonchev–Trinajstić information content (AvgIpc) is 2.19. The van der Waals surface area contributed by atoms with Gasteiger partial charge < -0.3 is 4.79 Å². The lowest BCUT2D eigenvalue weighted by atomic mass is 10.1. The van der Waals surface area contributed by atoms with Gasteiger partial charge in [0, 0.05) is 29.9 Å². The number of nitrogens with zero attached hydrogens (tertiary/aromatic N) is 1. The molecule has 0 bridgehead atoms. The molecule has 0 aliphatic heterocycles. The zero-order valence-corrected chi connectivity index (χ0v) is 7.01. The molecule has 66 valence electrons. The monoisotopic (exact) mass is 175 g/mol. The molecule has 3 heteroatoms. The summed E-state index contributed by atoms with van der Waals surface area (Å²) >= 11 is 0. The summed E-state index contributed by atoms with van der Waals surface area (Å²) in [6.07, 6.45) is 8.47. The van der Waals surface area contributed by atoms with Gasteiger partial charge in [0.25, 0.3) is 0 Å². The number of aromatic nitrogens is 1. The molecule has 1 aromatic heterocycles. The van der Waals surface area contributed by atoms with Crippen LogP contribution in [0.4, 0.5) is 0 Å². The van der Waals surface area contributed by atoms with Crippen molar-refractivity contribution in [2.75, 3.05) is 0 Å². The van der Waals surface area contributed by atoms with Gasteiger partial charge in [-0.3, -0.25) is 9.78 Å². The zero-order chi connectivity index (χ0) is 9.52. The summed E-state index contributed by atoms with van der Waals surface area (Å²) in [6.45, 7) is 0. The minimum absolute atomic E-state index is 0.354. The predicted octanol–water partition coefficient (Wildman–Crippen LogP) is 1.50. The van der Waals surface area contributed by atoms with Gasteiger partial charge in [0.1, 0.15) is 6.29 Å². The largest absolute Gasteiger partial charge is 0.303 e. The lowest BCUT2D eigenvalue weighted by Gasteiger charge is -1.95. The van der Waals surface area contributed by atoms with Crippen LogP contribution < -0.4 is 0 Å². The fourth-order valence-corrected chi connectivity index (χ4v) is 0.915. The Labute approximate surface area is 76.1 Å². The Balaban J connectivity index is 2.86. The molecule has 0 saturated carbocycles. The third kappa shape index (κ3) is 2.63. The van der Waals surface area contributed by atoms with Gasteiger partial charge in [-0.2, -0.15) is 0 Å². The van der Waals surface area contributed by atoms with Crippen LogP contribution in [0.25, 0.3) is 6.08 Å². The van der Waals surface area contributed by atoms with Crippen LogP contribution in [-0.2, 0) is 4.79 Å². The van der Waals surface area contributed by atoms with Crippen LogP contribution in [0.1, 0.15) is 22.3 Å². The summed E-state index contributed by atoms with van der Waals surface area (Å²) in [7, 11) is 0. The van der Waals surface area contributed by atoms with Gasteiger partial charge in [0.2, 0.25) is 0 Å². The summed E-state index contributed by atoms with van der Waals surface area (Å²) in [5.41, 5.74) is 1.32. The molecule has 1 heterocycles. The summed E-state index contributed by atoms with van der Waals surface area (Å²) in [4.78, 5) is 24.4. The van der Waals surface area contributed by atoms with Crippen LogP contribution in [0.3, 0.4) is 0 Å². The first-order chi connectivity index (χ1) is 6.38. The number of rotatable bonds is 4. The topological polar surface area (TPSA) is 47.0 Å². The maximum Gasteiger partial charge on any atom is 0.150 e. The van der Waals surface area contributed by atoms with Crippen molar-refractivity contribution in [1.82, 2.24) is 4.98 Å². The second-order valence-corrected chi connectivity index (χ2v) is 2.43. The zero-order valence-electron chi connectivity index (χ0n) is 7.01. The fraction of sp³-hybridized carbons (Fsp3) is 0.100. The number of hydrogen-bond donors (Lipinski definition) is 0. The summed E-state index contributed by atoms with van der Waals surface area (Å²) < 4.78 is 0. The Kier molecular flexibility index (Phi) is 3.57. The van der Waals surface area contributed by atoms with E-state index in [2.05, 4.69) is 4.98 Å². The van der Waals surface area contributed by atoms with Crippen LogP contribution >= 0.6 is 0 Å². The summed E-state index contributed by atoms with van der Waals surface area (Å²) in [5, 5.41) is 0. The summed E-state index contributed by atoms with van der Waals surface area (Å²) in [5.74, 6) is 0. The van der Waals surface area contributed by atoms with Gasteiger partial charge in [0.05, 0.1) is 0 Å². The maximum atomic E-state index is 10.5. The molecule has 0 fully saturated rings. The van der Waals surface area contributed by atoms with E-state index in [1.807, 2.05) is 0 Å². The molecule has 0 saturated heterocycles. The normalized spacial score (nSPS) is 10.2. The van der Waals surface area contributed by atoms with E-state index in [4.69, 9.17) is 0 Å². The molecule has 0 aliphatic carbocycles. The average molecular weight is 175 g/mol. The second-order valence-electron chi connectivity index (χ2n) is 2.43. The van der Waals surface area contributed by atoms with Crippen LogP contribution in [-0.4, -0.2) is 17.6 Å². The van der Waals surface area contributed by atoms with Crippen LogP contribution in [0.5, 0.6) is 0 Å². The number of carbonyl (C=O) groups excluding carboxylic acids is 2. The Hall–Kier alpha value is -1.77. The van der Waals surface area contributed by atoms with E-state index < -0.39 is 0 Å². The Morgan fingerprint density at radius 1 is 1.31 bits per heavy atom. The van der Waals surface area contributed by atoms with E-state index in [1.54, 1.807) is 30.6 Å². The lowest BCUT2D eigenvalue weighted by molar-refractivity contribution is -0.107. The second kappa shape index (κ2) is 4.98. The molecule has 0 aromatic carbocycles. The Morgan fingerprint density at radius 3 is 2.85 bits per heavy atom. The van der Waals surface area contributed by atoms with Gasteiger partial charge >= 0.3 is 0 Å². The van der Waals surface area contributed by atoms with Crippen molar-refractivity contribution in [3.05, 3.63) is 35.7 Å². The van der Waals surface area contributed by atoms with Crippen LogP contribution in [0.2, 0.25) is 0 Å². The third-order valence-electron chi connectivity index (χ3n) is 1.54. The smallest absolute Gasteiger partial charge is 0.150 e. The minimum atomic E-state index is 0.354. The van der Waals surface area contributed by atoms with Crippen molar-refractivity contribution in [2.24, 2.45) is 0 Å². The number of allylic oxidation sites excluding steroid dienone is 1. The number of pyridine rings is 1. The standard InChI is InChI=1S/C10H9NO2/c12-6-2-1-3-9-7-11-5-4-10(9)8-13/h1,3-8H,2H2. The highest BCUT2D eigenvalue weighted by Crippen LogP contribution is 2.06. The van der Waals surface area contributed by atoms with Crippen molar-refractivity contribution in [2.45, 2.75) is 6.42 Å². The van der Waals surface area contributed by atoms with Crippen molar-refractivity contribution in [3.63, 3.8) is 0 Å². The van der Waals surface area contributed by atoms with Crippen molar-refractivity contribution >= 4 is 18.6 Å². The molecule has 0 spiro atoms. The number of carbonyl (C=O) groups is 2. The van der Waals surface area contributed by atoms with Crippen molar-refractivity contribution in [1.29, 1.82) is 0 Å². The molecule has 3 nitrogen and oxygen atoms in total. The van der Waals surface area contributed by atoms with Crippen molar-refractivity contribution in [3.8, 4) is 0 Å². The molecular formula is C10H9NO2. The number of hydrogen-bond acceptors (Lipinski definition) is 3. The molecule has 0 radical (unpaired) electrons. The van der Waals surface area contributed by atoms with E-state index in [1.165, 1.54) is 0 Å². The molecule has 13 heavy (non-hydrogen) atoms. The quantitative estimate of drug-likeness (QED) is 0.651. The first-order valence-corrected chi connectivity index (χ1v) is 3.88. The summed E-state index contributed by atoms with van der Waals surface area (Å²) in [6, 6.07) is 1.63. The molecule has 0 atom stereocenters. The Bertz CT molecular complexity index is 331. The minimum Gasteiger partial charge on any atom is -0.303 e. The van der Waals surface area contributed by atoms with E-state index in [-0.39, 0.29) is 0 Å².